The minimum Gasteiger partial charge on any atom is -0.369 e. The van der Waals surface area contributed by atoms with E-state index in [9.17, 15) is 13.6 Å². The minimum atomic E-state index is -0.682. The molecule has 1 unspecified atom stereocenters. The average Bonchev–Trinajstić information content (AvgIpc) is 2.11. The Morgan fingerprint density at radius 1 is 1.50 bits per heavy atom. The van der Waals surface area contributed by atoms with Gasteiger partial charge in [-0.2, -0.15) is 0 Å². The molecule has 0 aliphatic heterocycles. The second-order valence-corrected chi connectivity index (χ2v) is 3.92. The number of primary amides is 1. The van der Waals surface area contributed by atoms with Crippen LogP contribution in [-0.2, 0) is 11.2 Å². The summed E-state index contributed by atoms with van der Waals surface area (Å²) in [5.74, 6) is -1.68. The molecule has 0 bridgehead atoms. The first kappa shape index (κ1) is 11.1. The van der Waals surface area contributed by atoms with Gasteiger partial charge in [-0.05, 0) is 30.2 Å². The van der Waals surface area contributed by atoms with Gasteiger partial charge in [0.2, 0.25) is 5.91 Å². The summed E-state index contributed by atoms with van der Waals surface area (Å²) in [4.78, 5) is 9.98. The SMILES string of the molecule is NC(=O)C(Br)Cc1cc(F)ccc1F. The van der Waals surface area contributed by atoms with Crippen molar-refractivity contribution in [2.75, 3.05) is 0 Å². The molecule has 2 N–H and O–H groups in total. The lowest BCUT2D eigenvalue weighted by Crippen LogP contribution is -2.25. The number of halogens is 3. The van der Waals surface area contributed by atoms with Gasteiger partial charge >= 0.3 is 0 Å². The van der Waals surface area contributed by atoms with Crippen LogP contribution in [0.25, 0.3) is 0 Å². The highest BCUT2D eigenvalue weighted by molar-refractivity contribution is 9.10. The Labute approximate surface area is 88.2 Å². The van der Waals surface area contributed by atoms with Crippen molar-refractivity contribution < 1.29 is 13.6 Å². The van der Waals surface area contributed by atoms with E-state index in [0.717, 1.165) is 18.2 Å². The summed E-state index contributed by atoms with van der Waals surface area (Å²) >= 11 is 2.97. The van der Waals surface area contributed by atoms with Crippen molar-refractivity contribution in [2.24, 2.45) is 5.73 Å². The Morgan fingerprint density at radius 3 is 2.71 bits per heavy atom. The predicted octanol–water partition coefficient (Wildman–Crippen LogP) is 1.76. The van der Waals surface area contributed by atoms with Gasteiger partial charge in [0, 0.05) is 0 Å². The molecule has 1 aromatic rings. The fourth-order valence-corrected chi connectivity index (χ4v) is 1.34. The van der Waals surface area contributed by atoms with Crippen LogP contribution in [0.5, 0.6) is 0 Å². The van der Waals surface area contributed by atoms with E-state index in [2.05, 4.69) is 15.9 Å². The lowest BCUT2D eigenvalue weighted by Gasteiger charge is -2.06. The van der Waals surface area contributed by atoms with Gasteiger partial charge in [-0.15, -0.1) is 0 Å². The smallest absolute Gasteiger partial charge is 0.231 e. The van der Waals surface area contributed by atoms with Crippen LogP contribution in [0, 0.1) is 11.6 Å². The van der Waals surface area contributed by atoms with Crippen LogP contribution in [0.2, 0.25) is 0 Å². The fraction of sp³-hybridized carbons (Fsp3) is 0.222. The molecule has 0 spiro atoms. The molecule has 0 fully saturated rings. The lowest BCUT2D eigenvalue weighted by atomic mass is 10.1. The highest BCUT2D eigenvalue weighted by Crippen LogP contribution is 2.15. The molecule has 0 saturated carbocycles. The molecule has 0 aromatic heterocycles. The average molecular weight is 264 g/mol. The van der Waals surface area contributed by atoms with Gasteiger partial charge in [-0.25, -0.2) is 8.78 Å². The Kier molecular flexibility index (Phi) is 3.57. The molecule has 0 aliphatic carbocycles. The minimum absolute atomic E-state index is 0.0406. The van der Waals surface area contributed by atoms with Gasteiger partial charge < -0.3 is 5.73 Å². The van der Waals surface area contributed by atoms with Crippen molar-refractivity contribution in [1.29, 1.82) is 0 Å². The lowest BCUT2D eigenvalue weighted by molar-refractivity contribution is -0.117. The number of rotatable bonds is 3. The molecule has 2 nitrogen and oxygen atoms in total. The van der Waals surface area contributed by atoms with Crippen molar-refractivity contribution in [2.45, 2.75) is 11.2 Å². The van der Waals surface area contributed by atoms with E-state index in [1.165, 1.54) is 0 Å². The summed E-state index contributed by atoms with van der Waals surface area (Å²) in [7, 11) is 0. The molecule has 76 valence electrons. The van der Waals surface area contributed by atoms with Crippen LogP contribution >= 0.6 is 15.9 Å². The van der Waals surface area contributed by atoms with Gasteiger partial charge in [0.15, 0.2) is 0 Å². The van der Waals surface area contributed by atoms with Crippen molar-refractivity contribution >= 4 is 21.8 Å². The van der Waals surface area contributed by atoms with Gasteiger partial charge in [0.1, 0.15) is 11.6 Å². The third-order valence-electron chi connectivity index (χ3n) is 1.72. The van der Waals surface area contributed by atoms with Crippen molar-refractivity contribution in [3.8, 4) is 0 Å². The maximum Gasteiger partial charge on any atom is 0.231 e. The maximum absolute atomic E-state index is 13.1. The molecular weight excluding hydrogens is 256 g/mol. The highest BCUT2D eigenvalue weighted by atomic mass is 79.9. The number of hydrogen-bond acceptors (Lipinski definition) is 1. The van der Waals surface area contributed by atoms with Crippen molar-refractivity contribution in [1.82, 2.24) is 0 Å². The molecule has 1 rings (SSSR count). The third-order valence-corrected chi connectivity index (χ3v) is 2.49. The Hall–Kier alpha value is -0.970. The highest BCUT2D eigenvalue weighted by Gasteiger charge is 2.14. The summed E-state index contributed by atoms with van der Waals surface area (Å²) in [5, 5.41) is 0. The van der Waals surface area contributed by atoms with E-state index in [0.29, 0.717) is 0 Å². The normalized spacial score (nSPS) is 12.5. The monoisotopic (exact) mass is 263 g/mol. The Bertz CT molecular complexity index is 357. The first-order valence-corrected chi connectivity index (χ1v) is 4.79. The fourth-order valence-electron chi connectivity index (χ4n) is 0.993. The summed E-state index contributed by atoms with van der Waals surface area (Å²) in [6, 6.07) is 3.09. The number of benzene rings is 1. The van der Waals surface area contributed by atoms with E-state index in [4.69, 9.17) is 5.73 Å². The topological polar surface area (TPSA) is 43.1 Å². The molecular formula is C9H8BrF2NO. The van der Waals surface area contributed by atoms with Crippen molar-refractivity contribution in [3.63, 3.8) is 0 Å². The maximum atomic E-state index is 13.1. The molecule has 1 aromatic carbocycles. The number of carbonyl (C=O) groups excluding carboxylic acids is 1. The largest absolute Gasteiger partial charge is 0.369 e. The summed E-state index contributed by atoms with van der Waals surface area (Å²) in [6.45, 7) is 0. The second-order valence-electron chi connectivity index (χ2n) is 2.81. The van der Waals surface area contributed by atoms with Gasteiger partial charge in [-0.3, -0.25) is 4.79 Å². The molecule has 0 aliphatic rings. The molecule has 1 amide bonds. The van der Waals surface area contributed by atoms with Crippen LogP contribution in [0.1, 0.15) is 5.56 Å². The summed E-state index contributed by atoms with van der Waals surface area (Å²) in [5.41, 5.74) is 5.10. The summed E-state index contributed by atoms with van der Waals surface area (Å²) in [6.07, 6.45) is 0.0406. The zero-order chi connectivity index (χ0) is 10.7. The standard InChI is InChI=1S/C9H8BrF2NO/c10-7(9(13)14)4-5-3-6(11)1-2-8(5)12/h1-3,7H,4H2,(H2,13,14). The van der Waals surface area contributed by atoms with Crippen LogP contribution in [0.3, 0.4) is 0 Å². The van der Waals surface area contributed by atoms with E-state index in [1.54, 1.807) is 0 Å². The van der Waals surface area contributed by atoms with Crippen LogP contribution in [0.4, 0.5) is 8.78 Å². The number of amides is 1. The zero-order valence-corrected chi connectivity index (χ0v) is 8.72. The number of alkyl halides is 1. The molecule has 0 radical (unpaired) electrons. The predicted molar refractivity (Wildman–Crippen MR) is 52.0 cm³/mol. The van der Waals surface area contributed by atoms with E-state index >= 15 is 0 Å². The van der Waals surface area contributed by atoms with Gasteiger partial charge in [0.25, 0.3) is 0 Å². The van der Waals surface area contributed by atoms with Gasteiger partial charge in [-0.1, -0.05) is 15.9 Å². The van der Waals surface area contributed by atoms with Crippen LogP contribution in [0.15, 0.2) is 18.2 Å². The first-order chi connectivity index (χ1) is 6.50. The Balaban J connectivity index is 2.85. The number of hydrogen-bond donors (Lipinski definition) is 1. The molecule has 14 heavy (non-hydrogen) atoms. The third kappa shape index (κ3) is 2.77. The summed E-state index contributed by atoms with van der Waals surface area (Å²) < 4.78 is 25.8. The molecule has 0 heterocycles. The Morgan fingerprint density at radius 2 is 2.14 bits per heavy atom. The van der Waals surface area contributed by atoms with E-state index in [-0.39, 0.29) is 12.0 Å². The van der Waals surface area contributed by atoms with E-state index < -0.39 is 22.4 Å². The number of nitrogens with two attached hydrogens (primary N) is 1. The van der Waals surface area contributed by atoms with E-state index in [1.807, 2.05) is 0 Å². The molecule has 0 saturated heterocycles. The van der Waals surface area contributed by atoms with Gasteiger partial charge in [0.05, 0.1) is 4.83 Å². The number of carbonyl (C=O) groups is 1. The molecule has 1 atom stereocenters. The molecule has 5 heteroatoms. The first-order valence-electron chi connectivity index (χ1n) is 3.88. The van der Waals surface area contributed by atoms with Crippen LogP contribution in [-0.4, -0.2) is 10.7 Å². The zero-order valence-electron chi connectivity index (χ0n) is 7.14. The van der Waals surface area contributed by atoms with Crippen LogP contribution < -0.4 is 5.73 Å². The second kappa shape index (κ2) is 4.50. The van der Waals surface area contributed by atoms with Crippen molar-refractivity contribution in [3.05, 3.63) is 35.4 Å². The quantitative estimate of drug-likeness (QED) is 0.830.